The quantitative estimate of drug-likeness (QED) is 0.843. The molecule has 0 aliphatic carbocycles. The molecule has 5 nitrogen and oxygen atoms in total. The van der Waals surface area contributed by atoms with Gasteiger partial charge in [-0.25, -0.2) is 0 Å². The summed E-state index contributed by atoms with van der Waals surface area (Å²) >= 11 is 0. The van der Waals surface area contributed by atoms with E-state index in [1.165, 1.54) is 6.42 Å². The molecule has 1 aromatic rings. The molecule has 17 heavy (non-hydrogen) atoms. The Morgan fingerprint density at radius 1 is 1.12 bits per heavy atom. The highest BCUT2D eigenvalue weighted by molar-refractivity contribution is 5.01. The molecular formula is C12H19N3O2. The SMILES string of the molecule is C1CNC[C@@H](c2nc(C3CCOCC3)no2)C1. The number of nitrogens with one attached hydrogen (secondary N) is 1. The number of ether oxygens (including phenoxy) is 1. The van der Waals surface area contributed by atoms with Crippen LogP contribution in [0.4, 0.5) is 0 Å². The summed E-state index contributed by atoms with van der Waals surface area (Å²) in [6.45, 7) is 3.71. The first-order valence-corrected chi connectivity index (χ1v) is 6.55. The summed E-state index contributed by atoms with van der Waals surface area (Å²) in [5.41, 5.74) is 0. The molecular weight excluding hydrogens is 218 g/mol. The molecule has 2 aliphatic heterocycles. The van der Waals surface area contributed by atoms with E-state index in [9.17, 15) is 0 Å². The lowest BCUT2D eigenvalue weighted by Gasteiger charge is -2.19. The normalized spacial score (nSPS) is 27.2. The summed E-state index contributed by atoms with van der Waals surface area (Å²) in [7, 11) is 0. The van der Waals surface area contributed by atoms with Gasteiger partial charge in [-0.15, -0.1) is 0 Å². The van der Waals surface area contributed by atoms with Crippen molar-refractivity contribution in [3.8, 4) is 0 Å². The van der Waals surface area contributed by atoms with E-state index in [0.717, 1.165) is 57.3 Å². The zero-order valence-corrected chi connectivity index (χ0v) is 10.0. The van der Waals surface area contributed by atoms with Gasteiger partial charge in [-0.3, -0.25) is 0 Å². The van der Waals surface area contributed by atoms with Crippen molar-refractivity contribution in [2.75, 3.05) is 26.3 Å². The minimum atomic E-state index is 0.407. The first-order chi connectivity index (χ1) is 8.43. The van der Waals surface area contributed by atoms with Crippen LogP contribution in [0.15, 0.2) is 4.52 Å². The number of hydrogen-bond acceptors (Lipinski definition) is 5. The third kappa shape index (κ3) is 2.50. The summed E-state index contributed by atoms with van der Waals surface area (Å²) in [5, 5.41) is 7.52. The van der Waals surface area contributed by atoms with Gasteiger partial charge in [0.25, 0.3) is 0 Å². The summed E-state index contributed by atoms with van der Waals surface area (Å²) < 4.78 is 10.8. The van der Waals surface area contributed by atoms with Crippen molar-refractivity contribution < 1.29 is 9.26 Å². The monoisotopic (exact) mass is 237 g/mol. The first kappa shape index (κ1) is 11.2. The van der Waals surface area contributed by atoms with E-state index in [0.29, 0.717) is 11.8 Å². The number of aromatic nitrogens is 2. The molecule has 1 atom stereocenters. The Bertz CT molecular complexity index is 322. The maximum Gasteiger partial charge on any atom is 0.231 e. The van der Waals surface area contributed by atoms with Gasteiger partial charge in [-0.05, 0) is 32.2 Å². The van der Waals surface area contributed by atoms with Crippen molar-refractivity contribution >= 4 is 0 Å². The zero-order chi connectivity index (χ0) is 11.5. The van der Waals surface area contributed by atoms with E-state index < -0.39 is 0 Å². The second-order valence-electron chi connectivity index (χ2n) is 4.92. The molecule has 1 N–H and O–H groups in total. The topological polar surface area (TPSA) is 60.2 Å². The van der Waals surface area contributed by atoms with E-state index in [2.05, 4.69) is 15.5 Å². The van der Waals surface area contributed by atoms with Crippen LogP contribution in [0.1, 0.15) is 49.2 Å². The smallest absolute Gasteiger partial charge is 0.231 e. The van der Waals surface area contributed by atoms with Crippen LogP contribution in [0, 0.1) is 0 Å². The molecule has 0 bridgehead atoms. The highest BCUT2D eigenvalue weighted by Gasteiger charge is 2.25. The van der Waals surface area contributed by atoms with Gasteiger partial charge in [0.05, 0.1) is 5.92 Å². The van der Waals surface area contributed by atoms with Crippen molar-refractivity contribution in [1.29, 1.82) is 0 Å². The molecule has 5 heteroatoms. The molecule has 3 heterocycles. The van der Waals surface area contributed by atoms with Crippen molar-refractivity contribution in [2.45, 2.75) is 37.5 Å². The minimum absolute atomic E-state index is 0.407. The number of piperidine rings is 1. The fraction of sp³-hybridized carbons (Fsp3) is 0.833. The van der Waals surface area contributed by atoms with Gasteiger partial charge in [-0.1, -0.05) is 5.16 Å². The van der Waals surface area contributed by atoms with E-state index in [-0.39, 0.29) is 0 Å². The van der Waals surface area contributed by atoms with Crippen molar-refractivity contribution in [3.63, 3.8) is 0 Å². The molecule has 0 spiro atoms. The summed E-state index contributed by atoms with van der Waals surface area (Å²) in [5.74, 6) is 2.54. The van der Waals surface area contributed by atoms with E-state index in [1.54, 1.807) is 0 Å². The lowest BCUT2D eigenvalue weighted by molar-refractivity contribution is 0.0830. The number of rotatable bonds is 2. The van der Waals surface area contributed by atoms with Crippen molar-refractivity contribution in [2.24, 2.45) is 0 Å². The first-order valence-electron chi connectivity index (χ1n) is 6.55. The van der Waals surface area contributed by atoms with E-state index in [4.69, 9.17) is 9.26 Å². The molecule has 1 aromatic heterocycles. The lowest BCUT2D eigenvalue weighted by atomic mass is 9.98. The Hall–Kier alpha value is -0.940. The van der Waals surface area contributed by atoms with Crippen LogP contribution in [0.25, 0.3) is 0 Å². The van der Waals surface area contributed by atoms with Gasteiger partial charge in [0.15, 0.2) is 5.82 Å². The Kier molecular flexibility index (Phi) is 3.38. The second kappa shape index (κ2) is 5.14. The number of nitrogens with zero attached hydrogens (tertiary/aromatic N) is 2. The van der Waals surface area contributed by atoms with Crippen LogP contribution in [0.2, 0.25) is 0 Å². The highest BCUT2D eigenvalue weighted by Crippen LogP contribution is 2.27. The number of hydrogen-bond donors (Lipinski definition) is 1. The average molecular weight is 237 g/mol. The van der Waals surface area contributed by atoms with Crippen LogP contribution in [-0.4, -0.2) is 36.4 Å². The summed E-state index contributed by atoms with van der Waals surface area (Å²) in [6.07, 6.45) is 4.38. The largest absolute Gasteiger partial charge is 0.381 e. The van der Waals surface area contributed by atoms with Gasteiger partial charge < -0.3 is 14.6 Å². The Morgan fingerprint density at radius 3 is 2.76 bits per heavy atom. The van der Waals surface area contributed by atoms with Gasteiger partial charge in [0.2, 0.25) is 5.89 Å². The molecule has 0 amide bonds. The van der Waals surface area contributed by atoms with Crippen LogP contribution in [0.5, 0.6) is 0 Å². The van der Waals surface area contributed by atoms with Gasteiger partial charge in [-0.2, -0.15) is 4.98 Å². The average Bonchev–Trinajstić information content (AvgIpc) is 2.90. The predicted octanol–water partition coefficient (Wildman–Crippen LogP) is 1.43. The second-order valence-corrected chi connectivity index (χ2v) is 4.92. The molecule has 0 radical (unpaired) electrons. The summed E-state index contributed by atoms with van der Waals surface area (Å²) in [4.78, 5) is 4.58. The Labute approximate surface area is 101 Å². The van der Waals surface area contributed by atoms with E-state index in [1.807, 2.05) is 0 Å². The zero-order valence-electron chi connectivity index (χ0n) is 10.0. The Balaban J connectivity index is 1.68. The van der Waals surface area contributed by atoms with Gasteiger partial charge in [0, 0.05) is 25.7 Å². The minimum Gasteiger partial charge on any atom is -0.381 e. The third-order valence-electron chi connectivity index (χ3n) is 3.69. The third-order valence-corrected chi connectivity index (χ3v) is 3.69. The Morgan fingerprint density at radius 2 is 2.00 bits per heavy atom. The molecule has 0 aromatic carbocycles. The molecule has 0 saturated carbocycles. The van der Waals surface area contributed by atoms with E-state index >= 15 is 0 Å². The molecule has 2 fully saturated rings. The summed E-state index contributed by atoms with van der Waals surface area (Å²) in [6, 6.07) is 0. The maximum atomic E-state index is 5.42. The molecule has 0 unspecified atom stereocenters. The maximum absolute atomic E-state index is 5.42. The van der Waals surface area contributed by atoms with Crippen LogP contribution in [0.3, 0.4) is 0 Å². The van der Waals surface area contributed by atoms with Crippen LogP contribution in [-0.2, 0) is 4.74 Å². The molecule has 94 valence electrons. The molecule has 3 rings (SSSR count). The van der Waals surface area contributed by atoms with Gasteiger partial charge in [0.1, 0.15) is 0 Å². The lowest BCUT2D eigenvalue weighted by Crippen LogP contribution is -2.28. The molecule has 2 aliphatic rings. The highest BCUT2D eigenvalue weighted by atomic mass is 16.5. The van der Waals surface area contributed by atoms with Gasteiger partial charge >= 0.3 is 0 Å². The fourth-order valence-electron chi connectivity index (χ4n) is 2.60. The van der Waals surface area contributed by atoms with Crippen LogP contribution < -0.4 is 5.32 Å². The van der Waals surface area contributed by atoms with Crippen molar-refractivity contribution in [3.05, 3.63) is 11.7 Å². The molecule has 2 saturated heterocycles. The van der Waals surface area contributed by atoms with Crippen LogP contribution >= 0.6 is 0 Å². The van der Waals surface area contributed by atoms with Crippen molar-refractivity contribution in [1.82, 2.24) is 15.5 Å². The predicted molar refractivity (Wildman–Crippen MR) is 61.9 cm³/mol. The fourth-order valence-corrected chi connectivity index (χ4v) is 2.60. The standard InChI is InChI=1S/C12H19N3O2/c1-2-10(8-13-5-1)12-14-11(15-17-12)9-3-6-16-7-4-9/h9-10,13H,1-8H2/t10-/m0/s1.